The molecule has 1 unspecified atom stereocenters. The van der Waals surface area contributed by atoms with Gasteiger partial charge in [-0.2, -0.15) is 0 Å². The van der Waals surface area contributed by atoms with E-state index in [1.807, 2.05) is 19.1 Å². The molecule has 1 rings (SSSR count). The first-order valence-corrected chi connectivity index (χ1v) is 5.57. The standard InChI is InChI=1S/C12H17NO5/c1-8-3-4-10(18-8)7-13(2)6-9(12(16)17)5-11(14)15/h3-4,9H,5-7H2,1-2H3,(H,14,15)(H,16,17). The van der Waals surface area contributed by atoms with Crippen molar-refractivity contribution in [2.45, 2.75) is 19.9 Å². The monoisotopic (exact) mass is 255 g/mol. The molecule has 1 atom stereocenters. The van der Waals surface area contributed by atoms with Gasteiger partial charge in [0, 0.05) is 6.54 Å². The zero-order chi connectivity index (χ0) is 13.7. The van der Waals surface area contributed by atoms with E-state index < -0.39 is 17.9 Å². The molecule has 18 heavy (non-hydrogen) atoms. The van der Waals surface area contributed by atoms with Crippen molar-refractivity contribution in [1.82, 2.24) is 4.90 Å². The first-order chi connectivity index (χ1) is 8.38. The molecule has 6 nitrogen and oxygen atoms in total. The minimum atomic E-state index is -1.11. The lowest BCUT2D eigenvalue weighted by Gasteiger charge is -2.19. The summed E-state index contributed by atoms with van der Waals surface area (Å²) in [7, 11) is 1.73. The summed E-state index contributed by atoms with van der Waals surface area (Å²) in [5.74, 6) is -1.60. The molecule has 0 fully saturated rings. The summed E-state index contributed by atoms with van der Waals surface area (Å²) in [5.41, 5.74) is 0. The van der Waals surface area contributed by atoms with Crippen LogP contribution in [0.4, 0.5) is 0 Å². The average molecular weight is 255 g/mol. The molecule has 0 bridgehead atoms. The van der Waals surface area contributed by atoms with E-state index in [1.54, 1.807) is 11.9 Å². The van der Waals surface area contributed by atoms with E-state index in [0.29, 0.717) is 6.54 Å². The Morgan fingerprint density at radius 1 is 1.39 bits per heavy atom. The zero-order valence-corrected chi connectivity index (χ0v) is 10.4. The number of rotatable bonds is 7. The Kier molecular flexibility index (Phi) is 4.91. The Labute approximate surface area is 105 Å². The van der Waals surface area contributed by atoms with Gasteiger partial charge in [-0.25, -0.2) is 0 Å². The number of aryl methyl sites for hydroxylation is 1. The van der Waals surface area contributed by atoms with E-state index in [1.165, 1.54) is 0 Å². The maximum Gasteiger partial charge on any atom is 0.308 e. The molecular formula is C12H17NO5. The summed E-state index contributed by atoms with van der Waals surface area (Å²) in [6, 6.07) is 3.65. The third-order valence-electron chi connectivity index (χ3n) is 2.52. The highest BCUT2D eigenvalue weighted by Gasteiger charge is 2.22. The largest absolute Gasteiger partial charge is 0.481 e. The van der Waals surface area contributed by atoms with Gasteiger partial charge in [0.25, 0.3) is 0 Å². The van der Waals surface area contributed by atoms with Crippen molar-refractivity contribution in [3.63, 3.8) is 0 Å². The molecule has 0 saturated carbocycles. The van der Waals surface area contributed by atoms with Crippen molar-refractivity contribution >= 4 is 11.9 Å². The highest BCUT2D eigenvalue weighted by Crippen LogP contribution is 2.11. The van der Waals surface area contributed by atoms with Crippen LogP contribution in [0.5, 0.6) is 0 Å². The number of nitrogens with zero attached hydrogens (tertiary/aromatic N) is 1. The van der Waals surface area contributed by atoms with Gasteiger partial charge in [0.05, 0.1) is 18.9 Å². The first-order valence-electron chi connectivity index (χ1n) is 5.57. The summed E-state index contributed by atoms with van der Waals surface area (Å²) >= 11 is 0. The third-order valence-corrected chi connectivity index (χ3v) is 2.52. The van der Waals surface area contributed by atoms with Gasteiger partial charge >= 0.3 is 11.9 Å². The molecule has 0 aliphatic carbocycles. The van der Waals surface area contributed by atoms with E-state index in [0.717, 1.165) is 11.5 Å². The van der Waals surface area contributed by atoms with E-state index in [-0.39, 0.29) is 13.0 Å². The van der Waals surface area contributed by atoms with Crippen molar-refractivity contribution in [3.05, 3.63) is 23.7 Å². The first kappa shape index (κ1) is 14.2. The minimum Gasteiger partial charge on any atom is -0.481 e. The molecule has 2 N–H and O–H groups in total. The molecular weight excluding hydrogens is 238 g/mol. The fourth-order valence-electron chi connectivity index (χ4n) is 1.72. The van der Waals surface area contributed by atoms with Crippen LogP contribution in [0.15, 0.2) is 16.5 Å². The lowest BCUT2D eigenvalue weighted by molar-refractivity contribution is -0.148. The van der Waals surface area contributed by atoms with Crippen molar-refractivity contribution in [3.8, 4) is 0 Å². The number of hydrogen-bond acceptors (Lipinski definition) is 4. The van der Waals surface area contributed by atoms with Gasteiger partial charge in [0.1, 0.15) is 11.5 Å². The predicted molar refractivity (Wildman–Crippen MR) is 63.2 cm³/mol. The van der Waals surface area contributed by atoms with Crippen LogP contribution in [0.2, 0.25) is 0 Å². The van der Waals surface area contributed by atoms with E-state index in [9.17, 15) is 9.59 Å². The third kappa shape index (κ3) is 4.58. The Bertz CT molecular complexity index is 426. The average Bonchev–Trinajstić information content (AvgIpc) is 2.62. The van der Waals surface area contributed by atoms with Gasteiger partial charge < -0.3 is 14.6 Å². The molecule has 1 aromatic rings. The molecule has 100 valence electrons. The molecule has 6 heteroatoms. The molecule has 0 spiro atoms. The lowest BCUT2D eigenvalue weighted by atomic mass is 10.1. The van der Waals surface area contributed by atoms with Crippen LogP contribution in [0.25, 0.3) is 0 Å². The van der Waals surface area contributed by atoms with Crippen molar-refractivity contribution in [2.24, 2.45) is 5.92 Å². The lowest BCUT2D eigenvalue weighted by Crippen LogP contribution is -2.31. The van der Waals surface area contributed by atoms with Crippen molar-refractivity contribution < 1.29 is 24.2 Å². The van der Waals surface area contributed by atoms with E-state index >= 15 is 0 Å². The SMILES string of the molecule is Cc1ccc(CN(C)CC(CC(=O)O)C(=O)O)o1. The summed E-state index contributed by atoms with van der Waals surface area (Å²) in [4.78, 5) is 23.2. The Morgan fingerprint density at radius 3 is 2.50 bits per heavy atom. The van der Waals surface area contributed by atoms with Crippen molar-refractivity contribution in [2.75, 3.05) is 13.6 Å². The maximum absolute atomic E-state index is 10.9. The number of carbonyl (C=O) groups is 2. The molecule has 0 aliphatic rings. The Morgan fingerprint density at radius 2 is 2.06 bits per heavy atom. The van der Waals surface area contributed by atoms with Crippen LogP contribution >= 0.6 is 0 Å². The molecule has 0 amide bonds. The predicted octanol–water partition coefficient (Wildman–Crippen LogP) is 1.20. The number of carboxylic acids is 2. The Balaban J connectivity index is 2.53. The van der Waals surface area contributed by atoms with Gasteiger partial charge in [-0.05, 0) is 26.1 Å². The molecule has 1 heterocycles. The van der Waals surface area contributed by atoms with Gasteiger partial charge in [-0.3, -0.25) is 14.5 Å². The fourth-order valence-corrected chi connectivity index (χ4v) is 1.72. The highest BCUT2D eigenvalue weighted by atomic mass is 16.4. The smallest absolute Gasteiger partial charge is 0.308 e. The Hall–Kier alpha value is -1.82. The summed E-state index contributed by atoms with van der Waals surface area (Å²) in [5, 5.41) is 17.6. The summed E-state index contributed by atoms with van der Waals surface area (Å²) in [6.45, 7) is 2.45. The minimum absolute atomic E-state index is 0.168. The quantitative estimate of drug-likeness (QED) is 0.760. The van der Waals surface area contributed by atoms with Gasteiger partial charge in [0.2, 0.25) is 0 Å². The molecule has 1 aromatic heterocycles. The molecule has 0 saturated heterocycles. The number of carboxylic acid groups (broad SMARTS) is 2. The summed E-state index contributed by atoms with van der Waals surface area (Å²) in [6.07, 6.45) is -0.378. The van der Waals surface area contributed by atoms with Crippen LogP contribution in [0, 0.1) is 12.8 Å². The highest BCUT2D eigenvalue weighted by molar-refractivity contribution is 5.77. The molecule has 0 radical (unpaired) electrons. The summed E-state index contributed by atoms with van der Waals surface area (Å²) < 4.78 is 5.37. The van der Waals surface area contributed by atoms with Gasteiger partial charge in [-0.1, -0.05) is 0 Å². The van der Waals surface area contributed by atoms with E-state index in [2.05, 4.69) is 0 Å². The van der Waals surface area contributed by atoms with Crippen LogP contribution in [-0.4, -0.2) is 40.6 Å². The second-order valence-electron chi connectivity index (χ2n) is 4.34. The number of furan rings is 1. The maximum atomic E-state index is 10.9. The van der Waals surface area contributed by atoms with Crippen LogP contribution in [-0.2, 0) is 16.1 Å². The van der Waals surface area contributed by atoms with Crippen LogP contribution in [0.3, 0.4) is 0 Å². The number of aliphatic carboxylic acids is 2. The molecule has 0 aromatic carbocycles. The second-order valence-corrected chi connectivity index (χ2v) is 4.34. The van der Waals surface area contributed by atoms with Crippen molar-refractivity contribution in [1.29, 1.82) is 0 Å². The topological polar surface area (TPSA) is 91.0 Å². The number of hydrogen-bond donors (Lipinski definition) is 2. The molecule has 0 aliphatic heterocycles. The second kappa shape index (κ2) is 6.20. The normalized spacial score (nSPS) is 12.6. The zero-order valence-electron chi connectivity index (χ0n) is 10.4. The van der Waals surface area contributed by atoms with E-state index in [4.69, 9.17) is 14.6 Å². The van der Waals surface area contributed by atoms with Crippen LogP contribution < -0.4 is 0 Å². The van der Waals surface area contributed by atoms with Gasteiger partial charge in [0.15, 0.2) is 0 Å². The van der Waals surface area contributed by atoms with Crippen LogP contribution in [0.1, 0.15) is 17.9 Å². The fraction of sp³-hybridized carbons (Fsp3) is 0.500. The van der Waals surface area contributed by atoms with Gasteiger partial charge in [-0.15, -0.1) is 0 Å².